The highest BCUT2D eigenvalue weighted by molar-refractivity contribution is 7.90. The van der Waals surface area contributed by atoms with Crippen LogP contribution >= 0.6 is 0 Å². The van der Waals surface area contributed by atoms with E-state index in [1.807, 2.05) is 49.4 Å². The first kappa shape index (κ1) is 18.5. The molecule has 4 heteroatoms. The van der Waals surface area contributed by atoms with E-state index in [0.717, 1.165) is 47.9 Å². The largest absolute Gasteiger partial charge is 0.267 e. The zero-order chi connectivity index (χ0) is 18.6. The van der Waals surface area contributed by atoms with Gasteiger partial charge in [-0.25, -0.2) is 12.4 Å². The van der Waals surface area contributed by atoms with Crippen LogP contribution in [0.4, 0.5) is 0 Å². The second kappa shape index (κ2) is 7.92. The molecular formula is C22H25NO2S. The van der Waals surface area contributed by atoms with Crippen LogP contribution in [0.5, 0.6) is 0 Å². The lowest BCUT2D eigenvalue weighted by Crippen LogP contribution is -2.10. The van der Waals surface area contributed by atoms with Crippen molar-refractivity contribution in [1.29, 1.82) is 0 Å². The van der Waals surface area contributed by atoms with Gasteiger partial charge < -0.3 is 0 Å². The Bertz CT molecular complexity index is 955. The summed E-state index contributed by atoms with van der Waals surface area (Å²) in [6.07, 6.45) is 7.77. The summed E-state index contributed by atoms with van der Waals surface area (Å²) in [6, 6.07) is 17.0. The molecule has 3 nitrogen and oxygen atoms in total. The lowest BCUT2D eigenvalue weighted by atomic mass is 10.0. The molecule has 1 heterocycles. The fourth-order valence-electron chi connectivity index (χ4n) is 3.08. The first-order valence-electron chi connectivity index (χ1n) is 9.11. The normalized spacial score (nSPS) is 11.6. The van der Waals surface area contributed by atoms with Gasteiger partial charge in [-0.2, -0.15) is 0 Å². The van der Waals surface area contributed by atoms with Gasteiger partial charge in [0.25, 0.3) is 10.0 Å². The van der Waals surface area contributed by atoms with Crippen LogP contribution in [-0.4, -0.2) is 12.4 Å². The molecule has 0 saturated carbocycles. The fourth-order valence-corrected chi connectivity index (χ4v) is 4.32. The number of hydrogen-bond acceptors (Lipinski definition) is 2. The van der Waals surface area contributed by atoms with Gasteiger partial charge in [0.1, 0.15) is 0 Å². The lowest BCUT2D eigenvalue weighted by Gasteiger charge is -2.06. The van der Waals surface area contributed by atoms with Gasteiger partial charge in [-0.1, -0.05) is 67.8 Å². The third-order valence-electron chi connectivity index (χ3n) is 4.62. The molecule has 26 heavy (non-hydrogen) atoms. The maximum Gasteiger partial charge on any atom is 0.267 e. The first-order chi connectivity index (χ1) is 12.5. The number of aryl methyl sites for hydroxylation is 2. The van der Waals surface area contributed by atoms with Gasteiger partial charge in [0.2, 0.25) is 0 Å². The molecule has 0 spiro atoms. The van der Waals surface area contributed by atoms with E-state index in [1.165, 1.54) is 3.97 Å². The molecule has 0 unspecified atom stereocenters. The highest BCUT2D eigenvalue weighted by atomic mass is 32.2. The topological polar surface area (TPSA) is 39.1 Å². The zero-order valence-corrected chi connectivity index (χ0v) is 16.2. The summed E-state index contributed by atoms with van der Waals surface area (Å²) in [5.74, 6) is 0. The Balaban J connectivity index is 2.03. The van der Waals surface area contributed by atoms with Crippen LogP contribution in [0.15, 0.2) is 71.9 Å². The number of unbranched alkanes of at least 4 members (excludes halogenated alkanes) is 2. The predicted octanol–water partition coefficient (Wildman–Crippen LogP) is 5.43. The molecular weight excluding hydrogens is 342 g/mol. The summed E-state index contributed by atoms with van der Waals surface area (Å²) in [5, 5.41) is 0. The van der Waals surface area contributed by atoms with Crippen molar-refractivity contribution in [1.82, 2.24) is 3.97 Å². The summed E-state index contributed by atoms with van der Waals surface area (Å²) in [6.45, 7) is 4.12. The van der Waals surface area contributed by atoms with Crippen molar-refractivity contribution >= 4 is 10.0 Å². The van der Waals surface area contributed by atoms with E-state index in [0.29, 0.717) is 4.90 Å². The molecule has 0 aliphatic carbocycles. The number of aromatic nitrogens is 1. The van der Waals surface area contributed by atoms with Crippen LogP contribution in [0.25, 0.3) is 11.1 Å². The smallest absolute Gasteiger partial charge is 0.248 e. The lowest BCUT2D eigenvalue weighted by molar-refractivity contribution is 0.587. The molecule has 3 rings (SSSR count). The minimum atomic E-state index is -3.58. The second-order valence-electron chi connectivity index (χ2n) is 6.67. The number of nitrogens with zero attached hydrogens (tertiary/aromatic N) is 1. The Kier molecular flexibility index (Phi) is 5.62. The van der Waals surface area contributed by atoms with Crippen LogP contribution in [0, 0.1) is 6.92 Å². The maximum atomic E-state index is 13.0. The van der Waals surface area contributed by atoms with E-state index in [-0.39, 0.29) is 0 Å². The van der Waals surface area contributed by atoms with Gasteiger partial charge >= 0.3 is 0 Å². The van der Waals surface area contributed by atoms with Gasteiger partial charge in [-0.05, 0) is 43.0 Å². The first-order valence-corrected chi connectivity index (χ1v) is 10.5. The van der Waals surface area contributed by atoms with Crippen LogP contribution in [0.3, 0.4) is 0 Å². The Labute approximate surface area is 156 Å². The Morgan fingerprint density at radius 1 is 0.885 bits per heavy atom. The van der Waals surface area contributed by atoms with Gasteiger partial charge in [0.15, 0.2) is 0 Å². The number of hydrogen-bond donors (Lipinski definition) is 0. The molecule has 0 fully saturated rings. The molecule has 0 N–H and O–H groups in total. The van der Waals surface area contributed by atoms with Crippen LogP contribution in [-0.2, 0) is 16.4 Å². The number of rotatable bonds is 7. The zero-order valence-electron chi connectivity index (χ0n) is 15.4. The average Bonchev–Trinajstić information content (AvgIpc) is 3.08. The SMILES string of the molecule is CCCCCc1cn(S(=O)(=O)c2ccc(C)cc2)cc1-c1ccccc1. The minimum absolute atomic E-state index is 0.317. The highest BCUT2D eigenvalue weighted by Gasteiger charge is 2.19. The van der Waals surface area contributed by atoms with Gasteiger partial charge in [-0.15, -0.1) is 0 Å². The van der Waals surface area contributed by atoms with E-state index in [1.54, 1.807) is 24.5 Å². The van der Waals surface area contributed by atoms with Crippen molar-refractivity contribution in [3.05, 3.63) is 78.1 Å². The summed E-state index contributed by atoms with van der Waals surface area (Å²) < 4.78 is 27.4. The predicted molar refractivity (Wildman–Crippen MR) is 107 cm³/mol. The van der Waals surface area contributed by atoms with Crippen molar-refractivity contribution in [2.45, 2.75) is 44.4 Å². The van der Waals surface area contributed by atoms with Crippen molar-refractivity contribution < 1.29 is 8.42 Å². The monoisotopic (exact) mass is 367 g/mol. The second-order valence-corrected chi connectivity index (χ2v) is 8.51. The molecule has 0 atom stereocenters. The molecule has 0 saturated heterocycles. The molecule has 0 aliphatic heterocycles. The van der Waals surface area contributed by atoms with Crippen molar-refractivity contribution in [3.8, 4) is 11.1 Å². The summed E-state index contributed by atoms with van der Waals surface area (Å²) >= 11 is 0. The summed E-state index contributed by atoms with van der Waals surface area (Å²) in [5.41, 5.74) is 4.18. The standard InChI is InChI=1S/C22H25NO2S/c1-3-4-6-11-20-16-23(17-22(20)19-9-7-5-8-10-19)26(24,25)21-14-12-18(2)13-15-21/h5,7-10,12-17H,3-4,6,11H2,1-2H3. The quantitative estimate of drug-likeness (QED) is 0.522. The molecule has 1 aromatic heterocycles. The third kappa shape index (κ3) is 3.91. The molecule has 3 aromatic rings. The molecule has 0 aliphatic rings. The highest BCUT2D eigenvalue weighted by Crippen LogP contribution is 2.28. The summed E-state index contributed by atoms with van der Waals surface area (Å²) in [7, 11) is -3.58. The Morgan fingerprint density at radius 3 is 2.23 bits per heavy atom. The van der Waals surface area contributed by atoms with Crippen LogP contribution in [0.1, 0.15) is 37.3 Å². The molecule has 0 radical (unpaired) electrons. The van der Waals surface area contributed by atoms with Crippen LogP contribution in [0.2, 0.25) is 0 Å². The van der Waals surface area contributed by atoms with E-state index >= 15 is 0 Å². The molecule has 136 valence electrons. The van der Waals surface area contributed by atoms with Crippen molar-refractivity contribution in [2.24, 2.45) is 0 Å². The molecule has 0 amide bonds. The average molecular weight is 368 g/mol. The minimum Gasteiger partial charge on any atom is -0.248 e. The van der Waals surface area contributed by atoms with E-state index < -0.39 is 10.0 Å². The Hall–Kier alpha value is -2.33. The van der Waals surface area contributed by atoms with E-state index in [2.05, 4.69) is 6.92 Å². The fraction of sp³-hybridized carbons (Fsp3) is 0.273. The molecule has 2 aromatic carbocycles. The van der Waals surface area contributed by atoms with Crippen molar-refractivity contribution in [2.75, 3.05) is 0 Å². The number of benzene rings is 2. The van der Waals surface area contributed by atoms with Crippen LogP contribution < -0.4 is 0 Å². The van der Waals surface area contributed by atoms with Gasteiger partial charge in [0.05, 0.1) is 4.90 Å². The van der Waals surface area contributed by atoms with E-state index in [9.17, 15) is 8.42 Å². The summed E-state index contributed by atoms with van der Waals surface area (Å²) in [4.78, 5) is 0.317. The van der Waals surface area contributed by atoms with E-state index in [4.69, 9.17) is 0 Å². The van der Waals surface area contributed by atoms with Gasteiger partial charge in [0, 0.05) is 18.0 Å². The maximum absolute atomic E-state index is 13.0. The van der Waals surface area contributed by atoms with Gasteiger partial charge in [-0.3, -0.25) is 0 Å². The third-order valence-corrected chi connectivity index (χ3v) is 6.25. The molecule has 0 bridgehead atoms. The Morgan fingerprint density at radius 2 is 1.58 bits per heavy atom. The van der Waals surface area contributed by atoms with Crippen molar-refractivity contribution in [3.63, 3.8) is 0 Å².